The number of aryl methyl sites for hydroxylation is 2. The quantitative estimate of drug-likeness (QED) is 0.328. The van der Waals surface area contributed by atoms with E-state index < -0.39 is 28.5 Å². The molecule has 1 N–H and O–H groups in total. The van der Waals surface area contributed by atoms with Gasteiger partial charge in [-0.15, -0.1) is 0 Å². The largest absolute Gasteiger partial charge is 0.355 e. The van der Waals surface area contributed by atoms with Crippen LogP contribution in [0.15, 0.2) is 82.2 Å². The van der Waals surface area contributed by atoms with E-state index in [1.165, 1.54) is 17.0 Å². The summed E-state index contributed by atoms with van der Waals surface area (Å²) in [5.74, 6) is -0.741. The molecular formula is C29H34BrN3O4S. The fourth-order valence-electron chi connectivity index (χ4n) is 4.18. The van der Waals surface area contributed by atoms with E-state index in [1.807, 2.05) is 52.0 Å². The maximum absolute atomic E-state index is 14.0. The van der Waals surface area contributed by atoms with E-state index in [2.05, 4.69) is 21.2 Å². The first-order valence-corrected chi connectivity index (χ1v) is 14.8. The van der Waals surface area contributed by atoms with Crippen LogP contribution in [0.25, 0.3) is 0 Å². The topological polar surface area (TPSA) is 86.8 Å². The lowest BCUT2D eigenvalue weighted by Gasteiger charge is -2.33. The van der Waals surface area contributed by atoms with Crippen molar-refractivity contribution in [2.24, 2.45) is 0 Å². The summed E-state index contributed by atoms with van der Waals surface area (Å²) < 4.78 is 29.5. The van der Waals surface area contributed by atoms with Crippen molar-refractivity contribution in [2.45, 2.75) is 51.6 Å². The molecule has 3 aromatic carbocycles. The van der Waals surface area contributed by atoms with Crippen LogP contribution in [0.5, 0.6) is 0 Å². The number of halogens is 1. The van der Waals surface area contributed by atoms with Crippen molar-refractivity contribution in [1.29, 1.82) is 0 Å². The molecule has 202 valence electrons. The van der Waals surface area contributed by atoms with E-state index in [0.29, 0.717) is 23.1 Å². The lowest BCUT2D eigenvalue weighted by atomic mass is 10.1. The zero-order chi connectivity index (χ0) is 27.9. The monoisotopic (exact) mass is 599 g/mol. The highest BCUT2D eigenvalue weighted by Crippen LogP contribution is 2.27. The van der Waals surface area contributed by atoms with Gasteiger partial charge in [0, 0.05) is 17.6 Å². The molecule has 1 atom stereocenters. The van der Waals surface area contributed by atoms with Gasteiger partial charge in [-0.25, -0.2) is 8.42 Å². The molecule has 0 aliphatic rings. The van der Waals surface area contributed by atoms with Crippen LogP contribution in [0.3, 0.4) is 0 Å². The highest BCUT2D eigenvalue weighted by molar-refractivity contribution is 9.10. The molecule has 0 aliphatic heterocycles. The van der Waals surface area contributed by atoms with Crippen molar-refractivity contribution in [2.75, 3.05) is 17.4 Å². The lowest BCUT2D eigenvalue weighted by Crippen LogP contribution is -2.52. The number of hydrogen-bond donors (Lipinski definition) is 1. The second kappa shape index (κ2) is 13.1. The Bertz CT molecular complexity index is 1380. The van der Waals surface area contributed by atoms with Crippen molar-refractivity contribution < 1.29 is 18.0 Å². The molecule has 0 saturated heterocycles. The Hall–Kier alpha value is -3.17. The smallest absolute Gasteiger partial charge is 0.264 e. The minimum absolute atomic E-state index is 0.0806. The molecule has 0 spiro atoms. The molecule has 0 bridgehead atoms. The van der Waals surface area contributed by atoms with E-state index in [9.17, 15) is 18.0 Å². The standard InChI is InChI=1S/C29H34BrN3O4S/c1-5-27(29(35)31-6-2)32(19-23-11-8-7-10-22(23)4)28(34)20-33(25-13-9-12-24(30)18-25)38(36,37)26-16-14-21(3)15-17-26/h7-18,27H,5-6,19-20H2,1-4H3,(H,31,35)/t27-/m1/s1. The predicted octanol–water partition coefficient (Wildman–Crippen LogP) is 5.20. The summed E-state index contributed by atoms with van der Waals surface area (Å²) in [7, 11) is -4.10. The van der Waals surface area contributed by atoms with Crippen LogP contribution in [0.4, 0.5) is 5.69 Å². The number of rotatable bonds is 11. The molecule has 0 radical (unpaired) electrons. The third-order valence-electron chi connectivity index (χ3n) is 6.32. The van der Waals surface area contributed by atoms with Crippen molar-refractivity contribution in [3.05, 3.63) is 94.0 Å². The number of anilines is 1. The molecular weight excluding hydrogens is 566 g/mol. The van der Waals surface area contributed by atoms with Crippen LogP contribution in [-0.2, 0) is 26.2 Å². The fourth-order valence-corrected chi connectivity index (χ4v) is 5.97. The van der Waals surface area contributed by atoms with Gasteiger partial charge in [0.2, 0.25) is 11.8 Å². The molecule has 0 heterocycles. The molecule has 2 amide bonds. The Morgan fingerprint density at radius 1 is 0.947 bits per heavy atom. The molecule has 3 aromatic rings. The highest BCUT2D eigenvalue weighted by atomic mass is 79.9. The van der Waals surface area contributed by atoms with Gasteiger partial charge >= 0.3 is 0 Å². The number of carbonyl (C=O) groups excluding carboxylic acids is 2. The Balaban J connectivity index is 2.07. The fraction of sp³-hybridized carbons (Fsp3) is 0.310. The molecule has 0 aliphatic carbocycles. The van der Waals surface area contributed by atoms with Crippen LogP contribution in [0.2, 0.25) is 0 Å². The second-order valence-corrected chi connectivity index (χ2v) is 11.8. The molecule has 0 aromatic heterocycles. The van der Waals surface area contributed by atoms with E-state index in [1.54, 1.807) is 36.4 Å². The lowest BCUT2D eigenvalue weighted by molar-refractivity contribution is -0.140. The average Bonchev–Trinajstić information content (AvgIpc) is 2.88. The van der Waals surface area contributed by atoms with Gasteiger partial charge in [0.05, 0.1) is 10.6 Å². The summed E-state index contributed by atoms with van der Waals surface area (Å²) in [4.78, 5) is 28.6. The number of nitrogens with one attached hydrogen (secondary N) is 1. The number of hydrogen-bond acceptors (Lipinski definition) is 4. The molecule has 3 rings (SSSR count). The van der Waals surface area contributed by atoms with Crippen LogP contribution in [0, 0.1) is 13.8 Å². The summed E-state index contributed by atoms with van der Waals surface area (Å²) in [6.45, 7) is 7.62. The van der Waals surface area contributed by atoms with Crippen LogP contribution in [-0.4, -0.2) is 44.3 Å². The van der Waals surface area contributed by atoms with Gasteiger partial charge in [-0.05, 0) is 68.7 Å². The summed E-state index contributed by atoms with van der Waals surface area (Å²) >= 11 is 3.41. The van der Waals surface area contributed by atoms with Crippen LogP contribution in [0.1, 0.15) is 37.0 Å². The molecule has 38 heavy (non-hydrogen) atoms. The molecule has 9 heteroatoms. The normalized spacial score (nSPS) is 12.0. The number of carbonyl (C=O) groups is 2. The Labute approximate surface area is 234 Å². The first-order chi connectivity index (χ1) is 18.1. The molecule has 0 saturated carbocycles. The van der Waals surface area contributed by atoms with Gasteiger partial charge in [-0.1, -0.05) is 70.9 Å². The first kappa shape index (κ1) is 29.4. The number of benzene rings is 3. The highest BCUT2D eigenvalue weighted by Gasteiger charge is 2.33. The Kier molecular flexibility index (Phi) is 10.1. The maximum atomic E-state index is 14.0. The second-order valence-electron chi connectivity index (χ2n) is 9.07. The summed E-state index contributed by atoms with van der Waals surface area (Å²) in [6.07, 6.45) is 0.380. The molecule has 7 nitrogen and oxygen atoms in total. The average molecular weight is 601 g/mol. The first-order valence-electron chi connectivity index (χ1n) is 12.5. The Morgan fingerprint density at radius 2 is 1.63 bits per heavy atom. The zero-order valence-electron chi connectivity index (χ0n) is 22.1. The number of sulfonamides is 1. The van der Waals surface area contributed by atoms with Crippen molar-refractivity contribution in [3.8, 4) is 0 Å². The van der Waals surface area contributed by atoms with Gasteiger partial charge in [0.1, 0.15) is 12.6 Å². The maximum Gasteiger partial charge on any atom is 0.264 e. The third-order valence-corrected chi connectivity index (χ3v) is 8.60. The van der Waals surface area contributed by atoms with Gasteiger partial charge in [-0.3, -0.25) is 13.9 Å². The summed E-state index contributed by atoms with van der Waals surface area (Å²) in [5.41, 5.74) is 3.13. The minimum Gasteiger partial charge on any atom is -0.355 e. The van der Waals surface area contributed by atoms with Gasteiger partial charge in [0.25, 0.3) is 10.0 Å². The van der Waals surface area contributed by atoms with Crippen LogP contribution >= 0.6 is 15.9 Å². The number of likely N-dealkylation sites (N-methyl/N-ethyl adjacent to an activating group) is 1. The van der Waals surface area contributed by atoms with E-state index in [-0.39, 0.29) is 17.3 Å². The van der Waals surface area contributed by atoms with Crippen molar-refractivity contribution in [1.82, 2.24) is 10.2 Å². The van der Waals surface area contributed by atoms with Gasteiger partial charge in [-0.2, -0.15) is 0 Å². The minimum atomic E-state index is -4.10. The third kappa shape index (κ3) is 7.02. The number of amides is 2. The zero-order valence-corrected chi connectivity index (χ0v) is 24.6. The van der Waals surface area contributed by atoms with E-state index in [4.69, 9.17) is 0 Å². The number of nitrogens with zero attached hydrogens (tertiary/aromatic N) is 2. The van der Waals surface area contributed by atoms with Crippen molar-refractivity contribution in [3.63, 3.8) is 0 Å². The van der Waals surface area contributed by atoms with E-state index >= 15 is 0 Å². The Morgan fingerprint density at radius 3 is 2.24 bits per heavy atom. The van der Waals surface area contributed by atoms with Gasteiger partial charge in [0.15, 0.2) is 0 Å². The summed E-state index contributed by atoms with van der Waals surface area (Å²) in [5, 5.41) is 2.82. The van der Waals surface area contributed by atoms with Crippen LogP contribution < -0.4 is 9.62 Å². The van der Waals surface area contributed by atoms with Crippen molar-refractivity contribution >= 4 is 43.5 Å². The predicted molar refractivity (Wildman–Crippen MR) is 154 cm³/mol. The molecule has 0 fully saturated rings. The van der Waals surface area contributed by atoms with Gasteiger partial charge < -0.3 is 10.2 Å². The van der Waals surface area contributed by atoms with E-state index in [0.717, 1.165) is 21.0 Å². The summed E-state index contributed by atoms with van der Waals surface area (Å²) in [6, 6.07) is 20.2. The molecule has 0 unspecified atom stereocenters. The SMILES string of the molecule is CCNC(=O)[C@@H](CC)N(Cc1ccccc1C)C(=O)CN(c1cccc(Br)c1)S(=O)(=O)c1ccc(C)cc1.